The number of carbonyl (C=O) groups is 1. The summed E-state index contributed by atoms with van der Waals surface area (Å²) in [6, 6.07) is 0. The molecule has 17 heavy (non-hydrogen) atoms. The molecule has 8 heteroatoms. The Morgan fingerprint density at radius 1 is 1.24 bits per heavy atom. The highest BCUT2D eigenvalue weighted by atomic mass is 16.6. The summed E-state index contributed by atoms with van der Waals surface area (Å²) >= 11 is 0. The monoisotopic (exact) mass is 250 g/mol. The van der Waals surface area contributed by atoms with Crippen molar-refractivity contribution in [1.82, 2.24) is 5.32 Å². The van der Waals surface area contributed by atoms with Crippen molar-refractivity contribution in [2.24, 2.45) is 5.73 Å². The molecule has 0 aromatic rings. The van der Waals surface area contributed by atoms with Gasteiger partial charge in [0.15, 0.2) is 6.23 Å². The van der Waals surface area contributed by atoms with Crippen molar-refractivity contribution >= 4 is 5.91 Å². The van der Waals surface area contributed by atoms with Gasteiger partial charge in [0.25, 0.3) is 0 Å². The number of nitrogens with one attached hydrogen (secondary N) is 1. The van der Waals surface area contributed by atoms with E-state index in [1.807, 2.05) is 0 Å². The van der Waals surface area contributed by atoms with E-state index in [-0.39, 0.29) is 13.0 Å². The summed E-state index contributed by atoms with van der Waals surface area (Å²) in [7, 11) is 0. The Balaban J connectivity index is 2.62. The van der Waals surface area contributed by atoms with Crippen LogP contribution in [0.3, 0.4) is 0 Å². The second kappa shape index (κ2) is 6.24. The Bertz CT molecular complexity index is 262. The summed E-state index contributed by atoms with van der Waals surface area (Å²) in [4.78, 5) is 11.3. The van der Waals surface area contributed by atoms with Crippen molar-refractivity contribution < 1.29 is 30.0 Å². The highest BCUT2D eigenvalue weighted by molar-refractivity contribution is 5.76. The molecule has 5 atom stereocenters. The summed E-state index contributed by atoms with van der Waals surface area (Å²) in [6.45, 7) is -0.391. The number of rotatable bonds is 4. The molecule has 8 nitrogen and oxygen atoms in total. The van der Waals surface area contributed by atoms with E-state index >= 15 is 0 Å². The zero-order chi connectivity index (χ0) is 13.0. The Labute approximate surface area is 98.0 Å². The number of aliphatic hydroxyl groups is 4. The van der Waals surface area contributed by atoms with Crippen LogP contribution in [0.25, 0.3) is 0 Å². The normalized spacial score (nSPS) is 37.8. The van der Waals surface area contributed by atoms with Gasteiger partial charge in [-0.2, -0.15) is 0 Å². The van der Waals surface area contributed by atoms with Gasteiger partial charge in [0.1, 0.15) is 24.4 Å². The van der Waals surface area contributed by atoms with E-state index in [0.717, 1.165) is 0 Å². The molecule has 0 aromatic carbocycles. The minimum atomic E-state index is -1.50. The SMILES string of the molecule is NCCC(=O)N[C@@H]1O[C@H](CO)[C@@H](O)[C@H](O)[C@H]1O. The minimum absolute atomic E-state index is 0.0506. The van der Waals surface area contributed by atoms with Crippen LogP contribution < -0.4 is 11.1 Å². The van der Waals surface area contributed by atoms with Crippen molar-refractivity contribution in [3.8, 4) is 0 Å². The Morgan fingerprint density at radius 3 is 2.41 bits per heavy atom. The summed E-state index contributed by atoms with van der Waals surface area (Å²) in [5.74, 6) is -0.447. The number of hydrogen-bond donors (Lipinski definition) is 6. The molecule has 0 aromatic heterocycles. The number of nitrogens with two attached hydrogens (primary N) is 1. The first-order chi connectivity index (χ1) is 8.01. The van der Waals surface area contributed by atoms with Gasteiger partial charge in [-0.1, -0.05) is 0 Å². The van der Waals surface area contributed by atoms with Crippen LogP contribution in [-0.4, -0.2) is 70.1 Å². The molecule has 1 heterocycles. The van der Waals surface area contributed by atoms with E-state index in [9.17, 15) is 20.1 Å². The van der Waals surface area contributed by atoms with Crippen molar-refractivity contribution in [3.63, 3.8) is 0 Å². The van der Waals surface area contributed by atoms with Crippen LogP contribution in [-0.2, 0) is 9.53 Å². The molecule has 0 saturated carbocycles. The van der Waals surface area contributed by atoms with Crippen LogP contribution >= 0.6 is 0 Å². The fraction of sp³-hybridized carbons (Fsp3) is 0.889. The lowest BCUT2D eigenvalue weighted by molar-refractivity contribution is -0.235. The van der Waals surface area contributed by atoms with Crippen LogP contribution in [0.5, 0.6) is 0 Å². The third-order valence-electron chi connectivity index (χ3n) is 2.57. The molecule has 1 fully saturated rings. The highest BCUT2D eigenvalue weighted by Gasteiger charge is 2.43. The van der Waals surface area contributed by atoms with Gasteiger partial charge < -0.3 is 36.2 Å². The van der Waals surface area contributed by atoms with Crippen LogP contribution in [0.2, 0.25) is 0 Å². The van der Waals surface area contributed by atoms with E-state index in [1.54, 1.807) is 0 Å². The molecule has 0 unspecified atom stereocenters. The van der Waals surface area contributed by atoms with Gasteiger partial charge in [-0.25, -0.2) is 0 Å². The van der Waals surface area contributed by atoms with E-state index in [0.29, 0.717) is 0 Å². The third kappa shape index (κ3) is 3.35. The highest BCUT2D eigenvalue weighted by Crippen LogP contribution is 2.19. The first-order valence-corrected chi connectivity index (χ1v) is 5.31. The predicted octanol–water partition coefficient (Wildman–Crippen LogP) is -3.75. The van der Waals surface area contributed by atoms with Crippen LogP contribution in [0.15, 0.2) is 0 Å². The Morgan fingerprint density at radius 2 is 1.88 bits per heavy atom. The van der Waals surface area contributed by atoms with E-state index in [4.69, 9.17) is 15.6 Å². The van der Waals surface area contributed by atoms with Crippen molar-refractivity contribution in [2.75, 3.05) is 13.2 Å². The van der Waals surface area contributed by atoms with E-state index in [1.165, 1.54) is 0 Å². The zero-order valence-electron chi connectivity index (χ0n) is 9.19. The molecule has 1 rings (SSSR count). The maximum Gasteiger partial charge on any atom is 0.223 e. The molecule has 0 bridgehead atoms. The molecule has 7 N–H and O–H groups in total. The van der Waals surface area contributed by atoms with Gasteiger partial charge in [-0.3, -0.25) is 4.79 Å². The molecule has 0 aliphatic carbocycles. The van der Waals surface area contributed by atoms with Gasteiger partial charge >= 0.3 is 0 Å². The summed E-state index contributed by atoms with van der Waals surface area (Å²) in [6.07, 6.45) is -6.55. The second-order valence-corrected chi connectivity index (χ2v) is 3.86. The Kier molecular flexibility index (Phi) is 5.25. The van der Waals surface area contributed by atoms with Crippen molar-refractivity contribution in [2.45, 2.75) is 37.1 Å². The summed E-state index contributed by atoms with van der Waals surface area (Å²) in [5.41, 5.74) is 5.18. The average molecular weight is 250 g/mol. The molecule has 100 valence electrons. The molecule has 0 spiro atoms. The zero-order valence-corrected chi connectivity index (χ0v) is 9.19. The number of hydrogen-bond acceptors (Lipinski definition) is 7. The number of ether oxygens (including phenoxy) is 1. The van der Waals surface area contributed by atoms with Crippen molar-refractivity contribution in [1.29, 1.82) is 0 Å². The predicted molar refractivity (Wildman–Crippen MR) is 55.6 cm³/mol. The third-order valence-corrected chi connectivity index (χ3v) is 2.57. The largest absolute Gasteiger partial charge is 0.394 e. The first-order valence-electron chi connectivity index (χ1n) is 5.31. The van der Waals surface area contributed by atoms with Gasteiger partial charge in [-0.15, -0.1) is 0 Å². The molecule has 0 radical (unpaired) electrons. The van der Waals surface area contributed by atoms with Gasteiger partial charge in [0, 0.05) is 13.0 Å². The van der Waals surface area contributed by atoms with Gasteiger partial charge in [0.2, 0.25) is 5.91 Å². The number of amides is 1. The fourth-order valence-electron chi connectivity index (χ4n) is 1.58. The smallest absolute Gasteiger partial charge is 0.223 e. The van der Waals surface area contributed by atoms with Gasteiger partial charge in [0.05, 0.1) is 6.61 Å². The maximum atomic E-state index is 11.3. The minimum Gasteiger partial charge on any atom is -0.394 e. The lowest BCUT2D eigenvalue weighted by Crippen LogP contribution is -2.63. The standard InChI is InChI=1S/C9H18N2O6/c10-2-1-5(13)11-9-8(16)7(15)6(14)4(3-12)17-9/h4,6-9,12,14-16H,1-3,10H2,(H,11,13)/t4-,6-,7+,8-,9-/m1/s1. The molecule has 1 aliphatic rings. The molecule has 1 aliphatic heterocycles. The molecular weight excluding hydrogens is 232 g/mol. The quantitative estimate of drug-likeness (QED) is 0.300. The average Bonchev–Trinajstić information content (AvgIpc) is 2.30. The lowest BCUT2D eigenvalue weighted by atomic mass is 9.98. The maximum absolute atomic E-state index is 11.3. The Hall–Kier alpha value is -0.770. The number of aliphatic hydroxyl groups excluding tert-OH is 4. The van der Waals surface area contributed by atoms with Crippen LogP contribution in [0.1, 0.15) is 6.42 Å². The van der Waals surface area contributed by atoms with Gasteiger partial charge in [-0.05, 0) is 0 Å². The van der Waals surface area contributed by atoms with E-state index < -0.39 is 43.2 Å². The topological polar surface area (TPSA) is 145 Å². The summed E-state index contributed by atoms with van der Waals surface area (Å²) < 4.78 is 5.06. The lowest BCUT2D eigenvalue weighted by Gasteiger charge is -2.40. The van der Waals surface area contributed by atoms with Crippen LogP contribution in [0.4, 0.5) is 0 Å². The molecular formula is C9H18N2O6. The molecule has 1 amide bonds. The van der Waals surface area contributed by atoms with Crippen LogP contribution in [0, 0.1) is 0 Å². The van der Waals surface area contributed by atoms with E-state index in [2.05, 4.69) is 5.32 Å². The van der Waals surface area contributed by atoms with Crippen molar-refractivity contribution in [3.05, 3.63) is 0 Å². The summed E-state index contributed by atoms with van der Waals surface area (Å²) in [5, 5.41) is 39.7. The second-order valence-electron chi connectivity index (χ2n) is 3.86. The number of carbonyl (C=O) groups excluding carboxylic acids is 1. The fourth-order valence-corrected chi connectivity index (χ4v) is 1.58. The molecule has 1 saturated heterocycles. The first kappa shape index (κ1) is 14.3.